The van der Waals surface area contributed by atoms with Crippen molar-refractivity contribution in [2.45, 2.75) is 33.9 Å². The fraction of sp³-hybridized carbons (Fsp3) is 0.273. The minimum Gasteiger partial charge on any atom is -0.374 e. The molecule has 3 aromatic rings. The van der Waals surface area contributed by atoms with E-state index in [-0.39, 0.29) is 0 Å². The predicted molar refractivity (Wildman–Crippen MR) is 111 cm³/mol. The van der Waals surface area contributed by atoms with Gasteiger partial charge >= 0.3 is 0 Å². The number of ether oxygens (including phenoxy) is 1. The van der Waals surface area contributed by atoms with Crippen LogP contribution in [0.15, 0.2) is 36.2 Å². The highest BCUT2D eigenvalue weighted by atomic mass is 16.5. The zero-order valence-electron chi connectivity index (χ0n) is 16.7. The van der Waals surface area contributed by atoms with E-state index in [1.807, 2.05) is 54.2 Å². The Kier molecular flexibility index (Phi) is 4.87. The van der Waals surface area contributed by atoms with Gasteiger partial charge in [0.05, 0.1) is 23.6 Å². The van der Waals surface area contributed by atoms with Crippen LogP contribution in [0.2, 0.25) is 0 Å². The Morgan fingerprint density at radius 2 is 2.17 bits per heavy atom. The Hall–Kier alpha value is -3.50. The van der Waals surface area contributed by atoms with Gasteiger partial charge in [-0.1, -0.05) is 11.5 Å². The van der Waals surface area contributed by atoms with Crippen molar-refractivity contribution >= 4 is 5.71 Å². The molecular formula is C22H22N6O. The van der Waals surface area contributed by atoms with Gasteiger partial charge in [-0.05, 0) is 45.0 Å². The van der Waals surface area contributed by atoms with E-state index in [9.17, 15) is 0 Å². The van der Waals surface area contributed by atoms with Crippen molar-refractivity contribution in [3.05, 3.63) is 59.0 Å². The average molecular weight is 386 g/mol. The molecule has 0 bridgehead atoms. The van der Waals surface area contributed by atoms with Gasteiger partial charge in [-0.15, -0.1) is 16.6 Å². The highest BCUT2D eigenvalue weighted by Gasteiger charge is 2.26. The molecule has 0 saturated heterocycles. The molecule has 1 aliphatic rings. The van der Waals surface area contributed by atoms with Crippen molar-refractivity contribution in [3.8, 4) is 29.4 Å². The number of allylic oxidation sites excluding steroid dienone is 2. The van der Waals surface area contributed by atoms with Crippen LogP contribution in [0.25, 0.3) is 17.1 Å². The molecule has 7 nitrogen and oxygen atoms in total. The molecule has 1 N–H and O–H groups in total. The molecule has 0 fully saturated rings. The first-order chi connectivity index (χ1) is 14.0. The van der Waals surface area contributed by atoms with Gasteiger partial charge in [-0.2, -0.15) is 0 Å². The molecule has 2 aromatic heterocycles. The summed E-state index contributed by atoms with van der Waals surface area (Å²) in [5, 5.41) is 17.3. The van der Waals surface area contributed by atoms with E-state index in [0.717, 1.165) is 39.7 Å². The minimum absolute atomic E-state index is 0.364. The summed E-state index contributed by atoms with van der Waals surface area (Å²) in [7, 11) is 0. The number of benzene rings is 1. The van der Waals surface area contributed by atoms with Gasteiger partial charge in [0.2, 0.25) is 0 Å². The van der Waals surface area contributed by atoms with Crippen LogP contribution in [0.5, 0.6) is 0 Å². The lowest BCUT2D eigenvalue weighted by Gasteiger charge is -2.10. The Bertz CT molecular complexity index is 1170. The van der Waals surface area contributed by atoms with Crippen molar-refractivity contribution in [1.29, 1.82) is 5.41 Å². The van der Waals surface area contributed by atoms with Gasteiger partial charge in [-0.25, -0.2) is 4.98 Å². The van der Waals surface area contributed by atoms with Crippen molar-refractivity contribution in [1.82, 2.24) is 24.3 Å². The van der Waals surface area contributed by atoms with E-state index < -0.39 is 0 Å². The third kappa shape index (κ3) is 3.28. The molecule has 1 aromatic carbocycles. The molecule has 0 aliphatic carbocycles. The number of hydrogen-bond donors (Lipinski definition) is 1. The van der Waals surface area contributed by atoms with Crippen molar-refractivity contribution in [3.63, 3.8) is 0 Å². The van der Waals surface area contributed by atoms with Crippen LogP contribution in [0.3, 0.4) is 0 Å². The first-order valence-electron chi connectivity index (χ1n) is 9.44. The predicted octanol–water partition coefficient (Wildman–Crippen LogP) is 3.34. The van der Waals surface area contributed by atoms with Crippen LogP contribution in [-0.2, 0) is 17.9 Å². The quantitative estimate of drug-likeness (QED) is 0.421. The normalized spacial score (nSPS) is 11.7. The lowest BCUT2D eigenvalue weighted by Crippen LogP contribution is -2.12. The summed E-state index contributed by atoms with van der Waals surface area (Å²) >= 11 is 0. The largest absolute Gasteiger partial charge is 0.374 e. The third-order valence-electron chi connectivity index (χ3n) is 4.79. The summed E-state index contributed by atoms with van der Waals surface area (Å²) in [5.74, 6) is 4.15. The summed E-state index contributed by atoms with van der Waals surface area (Å²) in [6.45, 7) is 7.33. The van der Waals surface area contributed by atoms with Crippen molar-refractivity contribution in [2.24, 2.45) is 0 Å². The number of nitrogens with zero attached hydrogens (tertiary/aromatic N) is 5. The topological polar surface area (TPSA) is 81.6 Å². The zero-order valence-corrected chi connectivity index (χ0v) is 16.7. The van der Waals surface area contributed by atoms with Gasteiger partial charge in [0.15, 0.2) is 11.6 Å². The van der Waals surface area contributed by atoms with Crippen LogP contribution < -0.4 is 0 Å². The molecule has 3 heterocycles. The van der Waals surface area contributed by atoms with Crippen molar-refractivity contribution < 1.29 is 4.74 Å². The van der Waals surface area contributed by atoms with E-state index in [4.69, 9.17) is 16.6 Å². The Morgan fingerprint density at radius 1 is 1.34 bits per heavy atom. The number of nitrogens with one attached hydrogen (secondary N) is 1. The van der Waals surface area contributed by atoms with E-state index >= 15 is 0 Å². The van der Waals surface area contributed by atoms with E-state index in [1.54, 1.807) is 6.33 Å². The molecule has 0 unspecified atom stereocenters. The van der Waals surface area contributed by atoms with Crippen LogP contribution in [0.4, 0.5) is 0 Å². The molecule has 1 aliphatic heterocycles. The molecule has 29 heavy (non-hydrogen) atoms. The highest BCUT2D eigenvalue weighted by molar-refractivity contribution is 6.06. The number of aromatic nitrogens is 5. The minimum atomic E-state index is 0.364. The fourth-order valence-corrected chi connectivity index (χ4v) is 3.48. The van der Waals surface area contributed by atoms with Gasteiger partial charge in [-0.3, -0.25) is 9.98 Å². The zero-order chi connectivity index (χ0) is 20.5. The first-order valence-corrected chi connectivity index (χ1v) is 9.44. The van der Waals surface area contributed by atoms with Gasteiger partial charge in [0.25, 0.3) is 0 Å². The summed E-state index contributed by atoms with van der Waals surface area (Å²) < 4.78 is 9.62. The lowest BCUT2D eigenvalue weighted by atomic mass is 10.1. The summed E-state index contributed by atoms with van der Waals surface area (Å²) in [6, 6.07) is 5.81. The third-order valence-corrected chi connectivity index (χ3v) is 4.79. The van der Waals surface area contributed by atoms with E-state index in [1.165, 1.54) is 0 Å². The Balaban J connectivity index is 1.95. The molecule has 4 rings (SSSR count). The van der Waals surface area contributed by atoms with E-state index in [2.05, 4.69) is 21.1 Å². The molecule has 0 radical (unpaired) electrons. The summed E-state index contributed by atoms with van der Waals surface area (Å²) in [6.07, 6.45) is 9.21. The highest BCUT2D eigenvalue weighted by Crippen LogP contribution is 2.33. The van der Waals surface area contributed by atoms with Crippen LogP contribution >= 0.6 is 0 Å². The molecule has 146 valence electrons. The Morgan fingerprint density at radius 3 is 2.90 bits per heavy atom. The molecule has 0 atom stereocenters. The maximum atomic E-state index is 8.50. The van der Waals surface area contributed by atoms with Crippen LogP contribution in [-0.4, -0.2) is 36.6 Å². The smallest absolute Gasteiger partial charge is 0.166 e. The van der Waals surface area contributed by atoms with Crippen LogP contribution in [0.1, 0.15) is 43.5 Å². The monoisotopic (exact) mass is 386 g/mol. The number of terminal acetylenes is 1. The number of rotatable bonds is 5. The number of fused-ring (bicyclic) bond motifs is 5. The van der Waals surface area contributed by atoms with Gasteiger partial charge in [0, 0.05) is 17.7 Å². The molecule has 0 saturated carbocycles. The van der Waals surface area contributed by atoms with Gasteiger partial charge < -0.3 is 9.30 Å². The molecule has 0 amide bonds. The lowest BCUT2D eigenvalue weighted by molar-refractivity contribution is 0.125. The van der Waals surface area contributed by atoms with E-state index in [0.29, 0.717) is 31.2 Å². The molecule has 7 heteroatoms. The molecule has 0 spiro atoms. The SMILES string of the molecule is C#Cc1ccc2c(c1)-c1nnc(COCC)n1Cc1c(C(=N)C=C(C)C)ncn1-2. The second-order valence-electron chi connectivity index (χ2n) is 7.08. The summed E-state index contributed by atoms with van der Waals surface area (Å²) in [4.78, 5) is 4.55. The molecular weight excluding hydrogens is 364 g/mol. The number of hydrogen-bond acceptors (Lipinski definition) is 5. The maximum absolute atomic E-state index is 8.50. The van der Waals surface area contributed by atoms with Crippen molar-refractivity contribution in [2.75, 3.05) is 6.61 Å². The second kappa shape index (κ2) is 7.49. The average Bonchev–Trinajstić information content (AvgIpc) is 3.27. The second-order valence-corrected chi connectivity index (χ2v) is 7.08. The standard InChI is InChI=1S/C22H22N6O/c1-5-15-7-8-18-16(10-15)22-26-25-20(12-29-6-2)27(22)11-19-21(24-13-28(18)19)17(23)9-14(3)4/h1,7-10,13,23H,6,11-12H2,2-4H3. The van der Waals surface area contributed by atoms with Gasteiger partial charge in [0.1, 0.15) is 18.6 Å². The fourth-order valence-electron chi connectivity index (χ4n) is 3.48. The maximum Gasteiger partial charge on any atom is 0.166 e. The Labute approximate surface area is 169 Å². The number of imidazole rings is 1. The first kappa shape index (κ1) is 18.8. The van der Waals surface area contributed by atoms with Crippen LogP contribution in [0, 0.1) is 17.8 Å². The summed E-state index contributed by atoms with van der Waals surface area (Å²) in [5.41, 5.74) is 5.53.